The molecule has 1 aromatic carbocycles. The number of carboxylic acid groups (broad SMARTS) is 1. The summed E-state index contributed by atoms with van der Waals surface area (Å²) in [7, 11) is -3.88. The van der Waals surface area contributed by atoms with E-state index in [-0.39, 0.29) is 5.75 Å². The summed E-state index contributed by atoms with van der Waals surface area (Å²) in [5, 5.41) is 7.12. The summed E-state index contributed by atoms with van der Waals surface area (Å²) < 4.78 is 60.9. The van der Waals surface area contributed by atoms with Crippen LogP contribution in [0.2, 0.25) is 0 Å². The summed E-state index contributed by atoms with van der Waals surface area (Å²) in [4.78, 5) is 8.90. The molecular weight excluding hydrogens is 277 g/mol. The van der Waals surface area contributed by atoms with Gasteiger partial charge >= 0.3 is 12.1 Å². The normalized spacial score (nSPS) is 11.3. The Bertz CT molecular complexity index is 481. The number of carbonyl (C=O) groups is 1. The van der Waals surface area contributed by atoms with Crippen molar-refractivity contribution in [1.82, 2.24) is 0 Å². The van der Waals surface area contributed by atoms with Gasteiger partial charge in [-0.2, -0.15) is 21.6 Å². The zero-order valence-electron chi connectivity index (χ0n) is 8.76. The Labute approximate surface area is 101 Å². The van der Waals surface area contributed by atoms with Crippen LogP contribution in [0.5, 0.6) is 0 Å². The molecule has 0 saturated carbocycles. The highest BCUT2D eigenvalue weighted by molar-refractivity contribution is 7.85. The van der Waals surface area contributed by atoms with Crippen LogP contribution in [0.1, 0.15) is 5.56 Å². The molecule has 0 aliphatic carbocycles. The third kappa shape index (κ3) is 8.53. The van der Waals surface area contributed by atoms with Gasteiger partial charge in [0.15, 0.2) is 0 Å². The Hall–Kier alpha value is -1.61. The minimum absolute atomic E-state index is 0.312. The molecule has 1 rings (SSSR count). The SMILES string of the molecule is O=C(O)C(F)(F)F.O=S(=O)(O)Cc1ccccc1. The second-order valence-corrected chi connectivity index (χ2v) is 4.47. The first-order valence-corrected chi connectivity index (χ1v) is 5.92. The van der Waals surface area contributed by atoms with Crippen molar-refractivity contribution in [3.05, 3.63) is 35.9 Å². The van der Waals surface area contributed by atoms with Crippen LogP contribution in [0.15, 0.2) is 30.3 Å². The molecule has 0 fully saturated rings. The van der Waals surface area contributed by atoms with Crippen molar-refractivity contribution < 1.29 is 36.0 Å². The van der Waals surface area contributed by atoms with Gasteiger partial charge in [-0.15, -0.1) is 0 Å². The van der Waals surface area contributed by atoms with Gasteiger partial charge in [0.1, 0.15) is 5.75 Å². The number of halogens is 3. The molecule has 0 aliphatic heterocycles. The molecule has 102 valence electrons. The van der Waals surface area contributed by atoms with Crippen LogP contribution in [-0.2, 0) is 20.7 Å². The van der Waals surface area contributed by atoms with Gasteiger partial charge in [0.2, 0.25) is 0 Å². The molecule has 0 spiro atoms. The second-order valence-electron chi connectivity index (χ2n) is 3.01. The summed E-state index contributed by atoms with van der Waals surface area (Å²) in [6.45, 7) is 0. The van der Waals surface area contributed by atoms with Gasteiger partial charge in [-0.3, -0.25) is 4.55 Å². The van der Waals surface area contributed by atoms with Crippen LogP contribution in [-0.4, -0.2) is 30.2 Å². The Morgan fingerprint density at radius 3 is 1.83 bits per heavy atom. The van der Waals surface area contributed by atoms with Crippen LogP contribution in [0.4, 0.5) is 13.2 Å². The number of benzene rings is 1. The van der Waals surface area contributed by atoms with Crippen LogP contribution in [0, 0.1) is 0 Å². The first-order chi connectivity index (χ1) is 8.02. The first-order valence-electron chi connectivity index (χ1n) is 4.31. The third-order valence-corrected chi connectivity index (χ3v) is 2.13. The van der Waals surface area contributed by atoms with Crippen molar-refractivity contribution in [1.29, 1.82) is 0 Å². The highest BCUT2D eigenvalue weighted by Gasteiger charge is 2.38. The lowest BCUT2D eigenvalue weighted by Crippen LogP contribution is -2.21. The first kappa shape index (κ1) is 16.4. The molecule has 5 nitrogen and oxygen atoms in total. The number of rotatable bonds is 2. The molecule has 0 amide bonds. The monoisotopic (exact) mass is 286 g/mol. The third-order valence-electron chi connectivity index (χ3n) is 1.43. The standard InChI is InChI=1S/C7H8O3S.C2HF3O2/c8-11(9,10)6-7-4-2-1-3-5-7;3-2(4,5)1(6)7/h1-5H,6H2,(H,8,9,10);(H,6,7). The molecule has 0 radical (unpaired) electrons. The highest BCUT2D eigenvalue weighted by atomic mass is 32.2. The lowest BCUT2D eigenvalue weighted by atomic mass is 10.2. The maximum absolute atomic E-state index is 10.6. The summed E-state index contributed by atoms with van der Waals surface area (Å²) in [5.74, 6) is -3.07. The lowest BCUT2D eigenvalue weighted by molar-refractivity contribution is -0.192. The van der Waals surface area contributed by atoms with Crippen LogP contribution in [0.25, 0.3) is 0 Å². The van der Waals surface area contributed by atoms with E-state index in [1.165, 1.54) is 0 Å². The fourth-order valence-corrected chi connectivity index (χ4v) is 1.40. The fourth-order valence-electron chi connectivity index (χ4n) is 0.785. The molecule has 0 saturated heterocycles. The van der Waals surface area contributed by atoms with E-state index in [1.807, 2.05) is 0 Å². The zero-order valence-corrected chi connectivity index (χ0v) is 9.57. The molecule has 9 heteroatoms. The van der Waals surface area contributed by atoms with Gasteiger partial charge in [-0.1, -0.05) is 30.3 Å². The van der Waals surface area contributed by atoms with E-state index in [0.29, 0.717) is 5.56 Å². The van der Waals surface area contributed by atoms with Crippen molar-refractivity contribution in [3.8, 4) is 0 Å². The summed E-state index contributed by atoms with van der Waals surface area (Å²) in [5.41, 5.74) is 0.593. The molecule has 2 N–H and O–H groups in total. The lowest BCUT2D eigenvalue weighted by Gasteiger charge is -1.95. The maximum Gasteiger partial charge on any atom is 0.490 e. The molecule has 0 unspecified atom stereocenters. The second kappa shape index (κ2) is 6.36. The maximum atomic E-state index is 10.6. The molecule has 0 heterocycles. The summed E-state index contributed by atoms with van der Waals surface area (Å²) in [6.07, 6.45) is -5.08. The molecular formula is C9H9F3O5S. The van der Waals surface area contributed by atoms with Gasteiger partial charge in [0, 0.05) is 0 Å². The molecule has 0 bridgehead atoms. The van der Waals surface area contributed by atoms with Gasteiger partial charge in [-0.25, -0.2) is 4.79 Å². The van der Waals surface area contributed by atoms with Crippen LogP contribution >= 0.6 is 0 Å². The van der Waals surface area contributed by atoms with Crippen LogP contribution < -0.4 is 0 Å². The minimum Gasteiger partial charge on any atom is -0.475 e. The summed E-state index contributed by atoms with van der Waals surface area (Å²) >= 11 is 0. The van der Waals surface area contributed by atoms with Crippen molar-refractivity contribution in [2.75, 3.05) is 0 Å². The molecule has 0 aromatic heterocycles. The highest BCUT2D eigenvalue weighted by Crippen LogP contribution is 2.13. The Balaban J connectivity index is 0.000000360. The zero-order chi connectivity index (χ0) is 14.4. The predicted molar refractivity (Wildman–Crippen MR) is 55.4 cm³/mol. The minimum atomic E-state index is -5.08. The van der Waals surface area contributed by atoms with Gasteiger partial charge in [0.25, 0.3) is 10.1 Å². The van der Waals surface area contributed by atoms with E-state index < -0.39 is 22.3 Å². The predicted octanol–water partition coefficient (Wildman–Crippen LogP) is 1.71. The topological polar surface area (TPSA) is 91.7 Å². The smallest absolute Gasteiger partial charge is 0.475 e. The average molecular weight is 286 g/mol. The number of hydrogen-bond acceptors (Lipinski definition) is 3. The van der Waals surface area contributed by atoms with Crippen LogP contribution in [0.3, 0.4) is 0 Å². The number of carboxylic acids is 1. The van der Waals surface area contributed by atoms with Crippen molar-refractivity contribution in [2.45, 2.75) is 11.9 Å². The average Bonchev–Trinajstić information content (AvgIpc) is 2.15. The molecule has 0 atom stereocenters. The van der Waals surface area contributed by atoms with E-state index in [2.05, 4.69) is 0 Å². The number of alkyl halides is 3. The van der Waals surface area contributed by atoms with E-state index in [0.717, 1.165) is 0 Å². The molecule has 18 heavy (non-hydrogen) atoms. The van der Waals surface area contributed by atoms with E-state index in [9.17, 15) is 21.6 Å². The number of aliphatic carboxylic acids is 1. The number of hydrogen-bond donors (Lipinski definition) is 2. The van der Waals surface area contributed by atoms with Crippen molar-refractivity contribution in [2.24, 2.45) is 0 Å². The summed E-state index contributed by atoms with van der Waals surface area (Å²) in [6, 6.07) is 8.52. The van der Waals surface area contributed by atoms with Gasteiger partial charge < -0.3 is 5.11 Å². The van der Waals surface area contributed by atoms with E-state index in [4.69, 9.17) is 14.5 Å². The fraction of sp³-hybridized carbons (Fsp3) is 0.222. The van der Waals surface area contributed by atoms with Crippen molar-refractivity contribution in [3.63, 3.8) is 0 Å². The Kier molecular flexibility index (Phi) is 5.79. The molecule has 1 aromatic rings. The Morgan fingerprint density at radius 2 is 1.56 bits per heavy atom. The van der Waals surface area contributed by atoms with Gasteiger partial charge in [0.05, 0.1) is 0 Å². The van der Waals surface area contributed by atoms with E-state index in [1.54, 1.807) is 30.3 Å². The Morgan fingerprint density at radius 1 is 1.17 bits per heavy atom. The largest absolute Gasteiger partial charge is 0.490 e. The van der Waals surface area contributed by atoms with E-state index >= 15 is 0 Å². The van der Waals surface area contributed by atoms with Crippen molar-refractivity contribution >= 4 is 16.1 Å². The van der Waals surface area contributed by atoms with Gasteiger partial charge in [-0.05, 0) is 5.56 Å². The molecule has 0 aliphatic rings. The quantitative estimate of drug-likeness (QED) is 0.807.